The summed E-state index contributed by atoms with van der Waals surface area (Å²) in [5.74, 6) is 0.150. The Bertz CT molecular complexity index is 957. The number of hydrogen-bond acceptors (Lipinski definition) is 6. The van der Waals surface area contributed by atoms with Crippen molar-refractivity contribution in [1.82, 2.24) is 15.2 Å². The molecule has 0 unspecified atom stereocenters. The van der Waals surface area contributed by atoms with Gasteiger partial charge in [0.25, 0.3) is 0 Å². The smallest absolute Gasteiger partial charge is 0.230 e. The Hall–Kier alpha value is -2.55. The van der Waals surface area contributed by atoms with E-state index in [1.54, 1.807) is 13.2 Å². The van der Waals surface area contributed by atoms with Gasteiger partial charge in [-0.05, 0) is 61.9 Å². The van der Waals surface area contributed by atoms with Crippen molar-refractivity contribution < 1.29 is 18.7 Å². The number of amides is 1. The molecule has 190 valence electrons. The van der Waals surface area contributed by atoms with Crippen molar-refractivity contribution in [2.75, 3.05) is 51.3 Å². The summed E-state index contributed by atoms with van der Waals surface area (Å²) in [6.45, 7) is 8.27. The first kappa shape index (κ1) is 25.5. The Morgan fingerprint density at radius 2 is 1.94 bits per heavy atom. The summed E-state index contributed by atoms with van der Waals surface area (Å²) in [5.41, 5.74) is 3.45. The third-order valence-corrected chi connectivity index (χ3v) is 7.04. The topological polar surface area (TPSA) is 66.9 Å². The maximum absolute atomic E-state index is 13.6. The fourth-order valence-electron chi connectivity index (χ4n) is 4.94. The van der Waals surface area contributed by atoms with Crippen LogP contribution in [0.3, 0.4) is 0 Å². The lowest BCUT2D eigenvalue weighted by atomic mass is 9.86. The molecule has 1 amide bonds. The van der Waals surface area contributed by atoms with Crippen molar-refractivity contribution in [3.8, 4) is 5.88 Å². The number of hydrogen-bond donors (Lipinski definition) is 1. The van der Waals surface area contributed by atoms with Crippen molar-refractivity contribution in [1.29, 1.82) is 0 Å². The molecule has 1 saturated heterocycles. The lowest BCUT2D eigenvalue weighted by Gasteiger charge is -2.32. The van der Waals surface area contributed by atoms with Gasteiger partial charge in [-0.1, -0.05) is 6.07 Å². The minimum Gasteiger partial charge on any atom is -0.474 e. The fraction of sp³-hybridized carbons (Fsp3) is 0.556. The van der Waals surface area contributed by atoms with Gasteiger partial charge in [-0.25, -0.2) is 9.37 Å². The van der Waals surface area contributed by atoms with Crippen LogP contribution in [0.5, 0.6) is 5.88 Å². The Labute approximate surface area is 207 Å². The van der Waals surface area contributed by atoms with E-state index < -0.39 is 0 Å². The molecule has 35 heavy (non-hydrogen) atoms. The van der Waals surface area contributed by atoms with Gasteiger partial charge in [0, 0.05) is 64.0 Å². The number of carbonyl (C=O) groups excluding carboxylic acids is 1. The Kier molecular flexibility index (Phi) is 9.06. The van der Waals surface area contributed by atoms with Gasteiger partial charge in [0.05, 0.1) is 12.8 Å². The Morgan fingerprint density at radius 1 is 1.17 bits per heavy atom. The van der Waals surface area contributed by atoms with Crippen LogP contribution < -0.4 is 15.0 Å². The van der Waals surface area contributed by atoms with Crippen LogP contribution in [0, 0.1) is 18.7 Å². The standard InChI is InChI=1S/C27H37FN4O3/c1-20-17-24(7-3-22(20)19-31-13-11-29-12-14-31)32(15-16-34-2)27(33)21-4-8-25(9-5-21)35-26-10-6-23(28)18-30-26/h3,6-7,10,17-18,21,25,29H,4-5,8-9,11-16,19H2,1-2H3/t21-,25-. The second kappa shape index (κ2) is 12.4. The molecule has 0 radical (unpaired) electrons. The second-order valence-electron chi connectivity index (χ2n) is 9.53. The van der Waals surface area contributed by atoms with Crippen LogP contribution in [0.4, 0.5) is 10.1 Å². The van der Waals surface area contributed by atoms with Crippen LogP contribution in [0.1, 0.15) is 36.8 Å². The molecule has 0 bridgehead atoms. The average molecular weight is 485 g/mol. The number of anilines is 1. The number of nitrogens with one attached hydrogen (secondary N) is 1. The lowest BCUT2D eigenvalue weighted by molar-refractivity contribution is -0.124. The highest BCUT2D eigenvalue weighted by Gasteiger charge is 2.31. The fourth-order valence-corrected chi connectivity index (χ4v) is 4.94. The lowest BCUT2D eigenvalue weighted by Crippen LogP contribution is -2.43. The van der Waals surface area contributed by atoms with E-state index in [0.717, 1.165) is 70.3 Å². The number of rotatable bonds is 9. The highest BCUT2D eigenvalue weighted by atomic mass is 19.1. The van der Waals surface area contributed by atoms with E-state index in [4.69, 9.17) is 9.47 Å². The zero-order valence-corrected chi connectivity index (χ0v) is 20.8. The van der Waals surface area contributed by atoms with E-state index in [9.17, 15) is 9.18 Å². The van der Waals surface area contributed by atoms with E-state index in [1.165, 1.54) is 17.2 Å². The summed E-state index contributed by atoms with van der Waals surface area (Å²) in [5, 5.41) is 3.40. The molecule has 1 N–H and O–H groups in total. The maximum Gasteiger partial charge on any atom is 0.230 e. The number of pyridine rings is 1. The van der Waals surface area contributed by atoms with Crippen molar-refractivity contribution in [2.45, 2.75) is 45.3 Å². The molecule has 1 aromatic heterocycles. The number of ether oxygens (including phenoxy) is 2. The molecule has 1 aliphatic heterocycles. The quantitative estimate of drug-likeness (QED) is 0.587. The summed E-state index contributed by atoms with van der Waals surface area (Å²) in [7, 11) is 1.66. The summed E-state index contributed by atoms with van der Waals surface area (Å²) >= 11 is 0. The summed E-state index contributed by atoms with van der Waals surface area (Å²) in [6.07, 6.45) is 4.22. The van der Waals surface area contributed by atoms with Crippen LogP contribution >= 0.6 is 0 Å². The van der Waals surface area contributed by atoms with Gasteiger partial charge in [-0.2, -0.15) is 0 Å². The van der Waals surface area contributed by atoms with Crippen LogP contribution in [-0.4, -0.2) is 68.3 Å². The van der Waals surface area contributed by atoms with Gasteiger partial charge in [-0.15, -0.1) is 0 Å². The summed E-state index contributed by atoms with van der Waals surface area (Å²) in [4.78, 5) is 21.9. The van der Waals surface area contributed by atoms with Crippen LogP contribution in [0.2, 0.25) is 0 Å². The number of piperazine rings is 1. The molecule has 2 heterocycles. The van der Waals surface area contributed by atoms with Crippen molar-refractivity contribution in [2.24, 2.45) is 5.92 Å². The number of nitrogens with zero attached hydrogens (tertiary/aromatic N) is 3. The Balaban J connectivity index is 1.38. The number of methoxy groups -OCH3 is 1. The molecule has 2 aromatic rings. The van der Waals surface area contributed by atoms with Gasteiger partial charge < -0.3 is 19.7 Å². The van der Waals surface area contributed by atoms with Crippen LogP contribution in [0.15, 0.2) is 36.5 Å². The largest absolute Gasteiger partial charge is 0.474 e. The first-order valence-corrected chi connectivity index (χ1v) is 12.6. The monoisotopic (exact) mass is 484 g/mol. The molecule has 4 rings (SSSR count). The highest BCUT2D eigenvalue weighted by Crippen LogP contribution is 2.31. The van der Waals surface area contributed by atoms with E-state index in [1.807, 2.05) is 4.90 Å². The van der Waals surface area contributed by atoms with Crippen LogP contribution in [0.25, 0.3) is 0 Å². The van der Waals surface area contributed by atoms with Gasteiger partial charge in [0.2, 0.25) is 11.8 Å². The van der Waals surface area contributed by atoms with Crippen molar-refractivity contribution in [3.05, 3.63) is 53.5 Å². The zero-order valence-electron chi connectivity index (χ0n) is 20.8. The molecule has 1 saturated carbocycles. The van der Waals surface area contributed by atoms with Gasteiger partial charge in [0.1, 0.15) is 11.9 Å². The van der Waals surface area contributed by atoms with Crippen molar-refractivity contribution >= 4 is 11.6 Å². The van der Waals surface area contributed by atoms with E-state index in [2.05, 4.69) is 40.3 Å². The maximum atomic E-state index is 13.6. The SMILES string of the molecule is COCCN(c1ccc(CN2CCNCC2)c(C)c1)C(=O)[C@H]1CC[C@H](Oc2ccc(F)cn2)CC1. The number of aromatic nitrogens is 1. The predicted molar refractivity (Wildman–Crippen MR) is 134 cm³/mol. The zero-order chi connectivity index (χ0) is 24.6. The third-order valence-electron chi connectivity index (χ3n) is 7.04. The first-order chi connectivity index (χ1) is 17.0. The van der Waals surface area contributed by atoms with E-state index >= 15 is 0 Å². The molecular weight excluding hydrogens is 447 g/mol. The Morgan fingerprint density at radius 3 is 2.60 bits per heavy atom. The van der Waals surface area contributed by atoms with E-state index in [-0.39, 0.29) is 23.7 Å². The molecule has 2 fully saturated rings. The first-order valence-electron chi connectivity index (χ1n) is 12.6. The van der Waals surface area contributed by atoms with Crippen molar-refractivity contribution in [3.63, 3.8) is 0 Å². The molecule has 2 aliphatic rings. The molecular formula is C27H37FN4O3. The molecule has 8 heteroatoms. The average Bonchev–Trinajstić information content (AvgIpc) is 2.88. The number of benzene rings is 1. The van der Waals surface area contributed by atoms with E-state index in [0.29, 0.717) is 19.0 Å². The number of aryl methyl sites for hydroxylation is 1. The minimum absolute atomic E-state index is 0.00375. The van der Waals surface area contributed by atoms with Gasteiger partial charge >= 0.3 is 0 Å². The second-order valence-corrected chi connectivity index (χ2v) is 9.53. The number of halogens is 1. The summed E-state index contributed by atoms with van der Waals surface area (Å²) < 4.78 is 24.3. The van der Waals surface area contributed by atoms with Gasteiger partial charge in [-0.3, -0.25) is 9.69 Å². The molecule has 0 spiro atoms. The van der Waals surface area contributed by atoms with Gasteiger partial charge in [0.15, 0.2) is 0 Å². The molecule has 0 atom stereocenters. The minimum atomic E-state index is -0.380. The highest BCUT2D eigenvalue weighted by molar-refractivity contribution is 5.95. The molecule has 1 aliphatic carbocycles. The molecule has 1 aromatic carbocycles. The molecule has 7 nitrogen and oxygen atoms in total. The third kappa shape index (κ3) is 6.99. The van der Waals surface area contributed by atoms with Crippen LogP contribution in [-0.2, 0) is 16.1 Å². The number of carbonyl (C=O) groups is 1. The normalized spacial score (nSPS) is 21.0. The summed E-state index contributed by atoms with van der Waals surface area (Å²) in [6, 6.07) is 9.28. The predicted octanol–water partition coefficient (Wildman–Crippen LogP) is 3.55.